The molecule has 0 bridgehead atoms. The van der Waals surface area contributed by atoms with Crippen LogP contribution in [0.2, 0.25) is 0 Å². The van der Waals surface area contributed by atoms with Crippen LogP contribution >= 0.6 is 11.3 Å². The standard InChI is InChI=1S/C24H19N5O2S/c25-27-15-6-7-20-19(13-15)17-4-1-3-16(23(17)32-20)18-5-2-8-29-22(30)14-21(26-24(18)29)28-9-11-31-12-10-28/h1-8,13-14,25H,9-12H2. The number of nitrogens with one attached hydrogen (secondary N) is 1. The van der Waals surface area contributed by atoms with Crippen molar-refractivity contribution in [2.75, 3.05) is 31.2 Å². The van der Waals surface area contributed by atoms with Crippen LogP contribution < -0.4 is 10.5 Å². The van der Waals surface area contributed by atoms with Gasteiger partial charge in [0.15, 0.2) is 0 Å². The summed E-state index contributed by atoms with van der Waals surface area (Å²) in [5.41, 5.74) is 10.5. The van der Waals surface area contributed by atoms with Crippen molar-refractivity contribution >= 4 is 48.7 Å². The van der Waals surface area contributed by atoms with E-state index in [1.54, 1.807) is 28.0 Å². The number of hydrogen-bond donors (Lipinski definition) is 1. The lowest BCUT2D eigenvalue weighted by Gasteiger charge is -2.27. The van der Waals surface area contributed by atoms with Gasteiger partial charge in [-0.25, -0.2) is 10.5 Å². The molecule has 0 amide bonds. The molecule has 1 aliphatic rings. The van der Waals surface area contributed by atoms with Crippen molar-refractivity contribution in [3.63, 3.8) is 0 Å². The van der Waals surface area contributed by atoms with Gasteiger partial charge < -0.3 is 9.64 Å². The molecule has 0 aliphatic carbocycles. The van der Waals surface area contributed by atoms with E-state index in [2.05, 4.69) is 22.1 Å². The zero-order valence-corrected chi connectivity index (χ0v) is 17.9. The molecule has 1 aliphatic heterocycles. The first kappa shape index (κ1) is 19.1. The van der Waals surface area contributed by atoms with Gasteiger partial charge >= 0.3 is 0 Å². The highest BCUT2D eigenvalue weighted by atomic mass is 32.1. The molecule has 0 spiro atoms. The molecule has 7 nitrogen and oxygen atoms in total. The number of hydrogen-bond acceptors (Lipinski definition) is 7. The molecule has 6 rings (SSSR count). The Morgan fingerprint density at radius 3 is 2.69 bits per heavy atom. The molecule has 32 heavy (non-hydrogen) atoms. The molecule has 3 aromatic heterocycles. The Labute approximate surface area is 187 Å². The van der Waals surface area contributed by atoms with E-state index in [1.807, 2.05) is 36.4 Å². The highest BCUT2D eigenvalue weighted by Crippen LogP contribution is 2.41. The fourth-order valence-corrected chi connectivity index (χ4v) is 5.56. The number of rotatable bonds is 3. The van der Waals surface area contributed by atoms with E-state index in [0.29, 0.717) is 30.4 Å². The first-order valence-electron chi connectivity index (χ1n) is 10.4. The second-order valence-electron chi connectivity index (χ2n) is 7.74. The summed E-state index contributed by atoms with van der Waals surface area (Å²) in [6, 6.07) is 17.5. The summed E-state index contributed by atoms with van der Waals surface area (Å²) in [5.74, 6) is 0.691. The van der Waals surface area contributed by atoms with E-state index in [9.17, 15) is 4.79 Å². The Hall–Kier alpha value is -3.62. The Morgan fingerprint density at radius 2 is 1.84 bits per heavy atom. The highest BCUT2D eigenvalue weighted by Gasteiger charge is 2.18. The topological polar surface area (TPSA) is 83.1 Å². The second-order valence-corrected chi connectivity index (χ2v) is 8.80. The number of pyridine rings is 1. The monoisotopic (exact) mass is 441 g/mol. The summed E-state index contributed by atoms with van der Waals surface area (Å²) in [6.07, 6.45) is 1.77. The number of fused-ring (bicyclic) bond motifs is 4. The smallest absolute Gasteiger partial charge is 0.259 e. The van der Waals surface area contributed by atoms with Crippen LogP contribution in [0.15, 0.2) is 70.7 Å². The van der Waals surface area contributed by atoms with Crippen molar-refractivity contribution in [1.82, 2.24) is 9.38 Å². The summed E-state index contributed by atoms with van der Waals surface area (Å²) < 4.78 is 9.34. The fourth-order valence-electron chi connectivity index (χ4n) is 4.35. The lowest BCUT2D eigenvalue weighted by Crippen LogP contribution is -2.37. The van der Waals surface area contributed by atoms with Gasteiger partial charge in [0.25, 0.3) is 5.56 Å². The van der Waals surface area contributed by atoms with Crippen molar-refractivity contribution in [3.05, 3.63) is 71.1 Å². The molecular weight excluding hydrogens is 422 g/mol. The summed E-state index contributed by atoms with van der Waals surface area (Å²) in [5, 5.41) is 5.78. The summed E-state index contributed by atoms with van der Waals surface area (Å²) in [4.78, 5) is 20.0. The third-order valence-corrected chi connectivity index (χ3v) is 7.13. The van der Waals surface area contributed by atoms with Gasteiger partial charge in [-0.3, -0.25) is 9.20 Å². The molecule has 1 N–H and O–H groups in total. The van der Waals surface area contributed by atoms with E-state index in [0.717, 1.165) is 44.4 Å². The van der Waals surface area contributed by atoms with Crippen molar-refractivity contribution in [1.29, 1.82) is 5.53 Å². The number of benzene rings is 2. The molecule has 0 radical (unpaired) electrons. The molecule has 1 fully saturated rings. The van der Waals surface area contributed by atoms with Gasteiger partial charge in [-0.05, 0) is 30.3 Å². The van der Waals surface area contributed by atoms with Gasteiger partial charge in [0.1, 0.15) is 11.5 Å². The van der Waals surface area contributed by atoms with Gasteiger partial charge in [-0.15, -0.1) is 11.3 Å². The molecule has 8 heteroatoms. The summed E-state index contributed by atoms with van der Waals surface area (Å²) >= 11 is 1.70. The summed E-state index contributed by atoms with van der Waals surface area (Å²) in [7, 11) is 0. The molecular formula is C24H19N5O2S. The van der Waals surface area contributed by atoms with Crippen molar-refractivity contribution in [2.45, 2.75) is 0 Å². The van der Waals surface area contributed by atoms with Crippen LogP contribution in [0, 0.1) is 5.53 Å². The second kappa shape index (κ2) is 7.51. The van der Waals surface area contributed by atoms with Crippen LogP contribution in [-0.2, 0) is 4.74 Å². The minimum Gasteiger partial charge on any atom is -0.378 e. The number of aromatic nitrogens is 2. The minimum absolute atomic E-state index is 0.0939. The first-order valence-corrected chi connectivity index (χ1v) is 11.2. The minimum atomic E-state index is -0.0939. The van der Waals surface area contributed by atoms with Crippen LogP contribution in [0.25, 0.3) is 36.9 Å². The van der Waals surface area contributed by atoms with Gasteiger partial charge in [0.05, 0.1) is 18.9 Å². The largest absolute Gasteiger partial charge is 0.378 e. The molecule has 158 valence electrons. The maximum atomic E-state index is 12.9. The first-order chi connectivity index (χ1) is 15.7. The quantitative estimate of drug-likeness (QED) is 0.389. The number of thiophene rings is 1. The van der Waals surface area contributed by atoms with Crippen molar-refractivity contribution in [2.24, 2.45) is 5.11 Å². The van der Waals surface area contributed by atoms with Crippen LogP contribution in [0.3, 0.4) is 0 Å². The highest BCUT2D eigenvalue weighted by molar-refractivity contribution is 7.26. The molecule has 0 atom stereocenters. The third-order valence-electron chi connectivity index (χ3n) is 5.91. The van der Waals surface area contributed by atoms with Gasteiger partial charge in [0.2, 0.25) is 0 Å². The Balaban J connectivity index is 1.61. The zero-order chi connectivity index (χ0) is 21.7. The van der Waals surface area contributed by atoms with Crippen molar-refractivity contribution in [3.8, 4) is 11.1 Å². The van der Waals surface area contributed by atoms with Gasteiger partial charge in [-0.2, -0.15) is 5.11 Å². The van der Waals surface area contributed by atoms with Crippen molar-refractivity contribution < 1.29 is 4.74 Å². The van der Waals surface area contributed by atoms with E-state index < -0.39 is 0 Å². The van der Waals surface area contributed by atoms with Crippen LogP contribution in [0.4, 0.5) is 11.5 Å². The lowest BCUT2D eigenvalue weighted by molar-refractivity contribution is 0.122. The van der Waals surface area contributed by atoms with E-state index >= 15 is 0 Å². The number of anilines is 1. The number of morpholine rings is 1. The fraction of sp³-hybridized carbons (Fsp3) is 0.167. The maximum Gasteiger partial charge on any atom is 0.259 e. The van der Waals surface area contributed by atoms with Gasteiger partial charge in [0, 0.05) is 56.7 Å². The molecule has 4 heterocycles. The molecule has 0 unspecified atom stereocenters. The average molecular weight is 442 g/mol. The predicted octanol–water partition coefficient (Wildman–Crippen LogP) is 5.23. The van der Waals surface area contributed by atoms with Crippen LogP contribution in [-0.4, -0.2) is 35.7 Å². The summed E-state index contributed by atoms with van der Waals surface area (Å²) in [6.45, 7) is 2.72. The SMILES string of the molecule is N=Nc1ccc2sc3c(-c4cccn5c(=O)cc(N6CCOCC6)nc45)cccc3c2c1. The number of nitrogens with zero attached hydrogens (tertiary/aromatic N) is 4. The predicted molar refractivity (Wildman–Crippen MR) is 128 cm³/mol. The number of ether oxygens (including phenoxy) is 1. The lowest BCUT2D eigenvalue weighted by atomic mass is 10.0. The maximum absolute atomic E-state index is 12.9. The Morgan fingerprint density at radius 1 is 1.00 bits per heavy atom. The van der Waals surface area contributed by atoms with Crippen LogP contribution in [0.1, 0.15) is 0 Å². The normalized spacial score (nSPS) is 14.4. The van der Waals surface area contributed by atoms with Gasteiger partial charge in [-0.1, -0.05) is 18.2 Å². The zero-order valence-electron chi connectivity index (χ0n) is 17.1. The molecule has 1 saturated heterocycles. The molecule has 5 aromatic rings. The molecule has 0 saturated carbocycles. The van der Waals surface area contributed by atoms with E-state index in [-0.39, 0.29) is 5.56 Å². The Bertz CT molecular complexity index is 1570. The average Bonchev–Trinajstić information content (AvgIpc) is 3.22. The molecule has 2 aromatic carbocycles. The van der Waals surface area contributed by atoms with E-state index in [1.165, 1.54) is 0 Å². The van der Waals surface area contributed by atoms with Crippen LogP contribution in [0.5, 0.6) is 0 Å². The third kappa shape index (κ3) is 2.99. The Kier molecular flexibility index (Phi) is 4.48. The van der Waals surface area contributed by atoms with E-state index in [4.69, 9.17) is 15.3 Å².